The monoisotopic (exact) mass is 271 g/mol. The summed E-state index contributed by atoms with van der Waals surface area (Å²) in [6.45, 7) is 0. The lowest BCUT2D eigenvalue weighted by Gasteiger charge is -2.00. The van der Waals surface area contributed by atoms with E-state index >= 15 is 0 Å². The summed E-state index contributed by atoms with van der Waals surface area (Å²) in [7, 11) is 1.79. The molecule has 0 aliphatic carbocycles. The molecule has 2 rings (SSSR count). The Hall–Kier alpha value is -2.82. The number of carbonyl (C=O) groups excluding carboxylic acids is 1. The second-order valence-electron chi connectivity index (χ2n) is 4.09. The highest BCUT2D eigenvalue weighted by Gasteiger charge is 2.05. The molecule has 0 atom stereocenters. The van der Waals surface area contributed by atoms with E-state index in [0.717, 1.165) is 17.5 Å². The van der Waals surface area contributed by atoms with E-state index in [2.05, 4.69) is 0 Å². The van der Waals surface area contributed by atoms with Crippen LogP contribution in [-0.4, -0.2) is 21.4 Å². The Morgan fingerprint density at radius 1 is 1.15 bits per heavy atom. The first-order chi connectivity index (χ1) is 9.58. The summed E-state index contributed by atoms with van der Waals surface area (Å²) in [5.74, 6) is -0.948. The lowest BCUT2D eigenvalue weighted by Crippen LogP contribution is -1.96. The Kier molecular flexibility index (Phi) is 4.00. The average Bonchev–Trinajstić information content (AvgIpc) is 3.04. The molecule has 0 amide bonds. The molecule has 0 radical (unpaired) electrons. The first kappa shape index (κ1) is 13.6. The Morgan fingerprint density at radius 2 is 1.80 bits per heavy atom. The molecular formula is C15H13NO4. The molecule has 20 heavy (non-hydrogen) atoms. The van der Waals surface area contributed by atoms with Crippen LogP contribution in [0.2, 0.25) is 0 Å². The standard InChI is InChI=1S/C15H13NO4/c1-16-11(4-5-12(16)7-9-15(18)19)6-8-13(17)14-3-2-10-20-14/h2-10H,1H3,(H,18,19)/b8-6+,9-7+. The van der Waals surface area contributed by atoms with Gasteiger partial charge in [0.2, 0.25) is 5.78 Å². The maximum atomic E-state index is 11.7. The number of aliphatic carboxylic acids is 1. The van der Waals surface area contributed by atoms with Gasteiger partial charge >= 0.3 is 5.97 Å². The number of furan rings is 1. The molecule has 0 bridgehead atoms. The molecule has 0 fully saturated rings. The number of hydrogen-bond acceptors (Lipinski definition) is 3. The molecule has 0 aliphatic heterocycles. The predicted octanol–water partition coefficient (Wildman–Crippen LogP) is 2.61. The van der Waals surface area contributed by atoms with Crippen molar-refractivity contribution < 1.29 is 19.1 Å². The molecule has 0 aliphatic rings. The molecule has 2 heterocycles. The maximum Gasteiger partial charge on any atom is 0.328 e. The van der Waals surface area contributed by atoms with Gasteiger partial charge in [-0.3, -0.25) is 4.79 Å². The number of hydrogen-bond donors (Lipinski definition) is 1. The van der Waals surface area contributed by atoms with Crippen molar-refractivity contribution in [1.29, 1.82) is 0 Å². The molecule has 0 aromatic carbocycles. The minimum absolute atomic E-state index is 0.223. The van der Waals surface area contributed by atoms with Crippen LogP contribution in [0, 0.1) is 0 Å². The largest absolute Gasteiger partial charge is 0.478 e. The zero-order valence-electron chi connectivity index (χ0n) is 10.8. The SMILES string of the molecule is Cn1c(/C=C/C(=O)O)ccc1/C=C/C(=O)c1ccco1. The Morgan fingerprint density at radius 3 is 2.35 bits per heavy atom. The molecule has 0 spiro atoms. The Bertz CT molecular complexity index is 675. The van der Waals surface area contributed by atoms with Crippen LogP contribution in [0.25, 0.3) is 12.2 Å². The highest BCUT2D eigenvalue weighted by molar-refractivity contribution is 6.04. The zero-order chi connectivity index (χ0) is 14.5. The molecule has 102 valence electrons. The third kappa shape index (κ3) is 3.14. The highest BCUT2D eigenvalue weighted by atomic mass is 16.4. The number of carboxylic acids is 1. The van der Waals surface area contributed by atoms with E-state index in [9.17, 15) is 9.59 Å². The van der Waals surface area contributed by atoms with Gasteiger partial charge in [-0.25, -0.2) is 4.79 Å². The lowest BCUT2D eigenvalue weighted by molar-refractivity contribution is -0.131. The zero-order valence-corrected chi connectivity index (χ0v) is 10.8. The summed E-state index contributed by atoms with van der Waals surface area (Å²) in [5.41, 5.74) is 1.52. The fourth-order valence-electron chi connectivity index (χ4n) is 1.70. The van der Waals surface area contributed by atoms with Gasteiger partial charge in [0.15, 0.2) is 5.76 Å². The maximum absolute atomic E-state index is 11.7. The average molecular weight is 271 g/mol. The first-order valence-corrected chi connectivity index (χ1v) is 5.90. The summed E-state index contributed by atoms with van der Waals surface area (Å²) < 4.78 is 6.78. The van der Waals surface area contributed by atoms with Gasteiger partial charge in [0, 0.05) is 24.5 Å². The Labute approximate surface area is 115 Å². The number of ketones is 1. The molecule has 2 aromatic rings. The van der Waals surface area contributed by atoms with Gasteiger partial charge in [0.1, 0.15) is 0 Å². The van der Waals surface area contributed by atoms with Crippen molar-refractivity contribution in [2.24, 2.45) is 7.05 Å². The number of aromatic nitrogens is 1. The van der Waals surface area contributed by atoms with Gasteiger partial charge in [-0.1, -0.05) is 0 Å². The summed E-state index contributed by atoms with van der Waals surface area (Å²) in [4.78, 5) is 22.2. The fourth-order valence-corrected chi connectivity index (χ4v) is 1.70. The molecule has 2 aromatic heterocycles. The van der Waals surface area contributed by atoms with E-state index in [1.165, 1.54) is 18.4 Å². The number of carboxylic acid groups (broad SMARTS) is 1. The van der Waals surface area contributed by atoms with Crippen molar-refractivity contribution in [3.05, 3.63) is 59.8 Å². The van der Waals surface area contributed by atoms with Crippen molar-refractivity contribution in [1.82, 2.24) is 4.57 Å². The van der Waals surface area contributed by atoms with Gasteiger partial charge in [-0.2, -0.15) is 0 Å². The smallest absolute Gasteiger partial charge is 0.328 e. The summed E-state index contributed by atoms with van der Waals surface area (Å²) in [6, 6.07) is 6.82. The second-order valence-corrected chi connectivity index (χ2v) is 4.09. The van der Waals surface area contributed by atoms with Gasteiger partial charge in [0.05, 0.1) is 6.26 Å². The molecule has 0 saturated heterocycles. The van der Waals surface area contributed by atoms with Crippen molar-refractivity contribution in [2.45, 2.75) is 0 Å². The highest BCUT2D eigenvalue weighted by Crippen LogP contribution is 2.12. The van der Waals surface area contributed by atoms with E-state index in [-0.39, 0.29) is 11.5 Å². The van der Waals surface area contributed by atoms with Crippen LogP contribution < -0.4 is 0 Å². The quantitative estimate of drug-likeness (QED) is 0.670. The molecule has 5 nitrogen and oxygen atoms in total. The van der Waals surface area contributed by atoms with E-state index in [0.29, 0.717) is 0 Å². The van der Waals surface area contributed by atoms with Crippen LogP contribution >= 0.6 is 0 Å². The van der Waals surface area contributed by atoms with E-state index in [1.807, 2.05) is 0 Å². The minimum Gasteiger partial charge on any atom is -0.478 e. The predicted molar refractivity (Wildman–Crippen MR) is 74.2 cm³/mol. The Balaban J connectivity index is 2.14. The lowest BCUT2D eigenvalue weighted by atomic mass is 10.2. The van der Waals surface area contributed by atoms with Crippen molar-refractivity contribution >= 4 is 23.9 Å². The third-order valence-corrected chi connectivity index (χ3v) is 2.77. The van der Waals surface area contributed by atoms with Crippen LogP contribution in [0.15, 0.2) is 47.1 Å². The van der Waals surface area contributed by atoms with E-state index in [4.69, 9.17) is 9.52 Å². The van der Waals surface area contributed by atoms with Gasteiger partial charge < -0.3 is 14.1 Å². The van der Waals surface area contributed by atoms with Crippen LogP contribution in [0.5, 0.6) is 0 Å². The first-order valence-electron chi connectivity index (χ1n) is 5.90. The number of rotatable bonds is 5. The van der Waals surface area contributed by atoms with Crippen LogP contribution in [-0.2, 0) is 11.8 Å². The van der Waals surface area contributed by atoms with Crippen LogP contribution in [0.1, 0.15) is 21.9 Å². The van der Waals surface area contributed by atoms with Gasteiger partial charge in [-0.05, 0) is 42.5 Å². The fraction of sp³-hybridized carbons (Fsp3) is 0.0667. The number of nitrogens with zero attached hydrogens (tertiary/aromatic N) is 1. The van der Waals surface area contributed by atoms with Gasteiger partial charge in [-0.15, -0.1) is 0 Å². The third-order valence-electron chi connectivity index (χ3n) is 2.77. The summed E-state index contributed by atoms with van der Waals surface area (Å²) in [6.07, 6.45) is 7.07. The number of carbonyl (C=O) groups is 2. The van der Waals surface area contributed by atoms with Crippen LogP contribution in [0.3, 0.4) is 0 Å². The molecule has 1 N–H and O–H groups in total. The summed E-state index contributed by atoms with van der Waals surface area (Å²) in [5, 5.41) is 8.59. The van der Waals surface area contributed by atoms with E-state index in [1.54, 1.807) is 42.0 Å². The minimum atomic E-state index is -1.00. The van der Waals surface area contributed by atoms with Gasteiger partial charge in [0.25, 0.3) is 0 Å². The molecule has 0 unspecified atom stereocenters. The topological polar surface area (TPSA) is 72.4 Å². The van der Waals surface area contributed by atoms with Crippen molar-refractivity contribution in [3.8, 4) is 0 Å². The molecule has 0 saturated carbocycles. The van der Waals surface area contributed by atoms with Crippen LogP contribution in [0.4, 0.5) is 0 Å². The van der Waals surface area contributed by atoms with Crippen molar-refractivity contribution in [2.75, 3.05) is 0 Å². The molecule has 5 heteroatoms. The van der Waals surface area contributed by atoms with Crippen molar-refractivity contribution in [3.63, 3.8) is 0 Å². The normalized spacial score (nSPS) is 11.4. The second kappa shape index (κ2) is 5.88. The summed E-state index contributed by atoms with van der Waals surface area (Å²) >= 11 is 0. The number of allylic oxidation sites excluding steroid dienone is 1. The van der Waals surface area contributed by atoms with E-state index < -0.39 is 5.97 Å². The molecular weight excluding hydrogens is 258 g/mol.